The number of rotatable bonds is 12. The molecule has 2 saturated heterocycles. The smallest absolute Gasteiger partial charge is 0.324 e. The first kappa shape index (κ1) is 31.0. The number of hydrogen-bond acceptors (Lipinski definition) is 6. The maximum Gasteiger partial charge on any atom is 0.324 e. The molecule has 228 valence electrons. The fourth-order valence-corrected chi connectivity index (χ4v) is 5.39. The van der Waals surface area contributed by atoms with E-state index in [9.17, 15) is 14.4 Å². The van der Waals surface area contributed by atoms with Crippen LogP contribution in [-0.4, -0.2) is 92.6 Å². The van der Waals surface area contributed by atoms with Gasteiger partial charge in [-0.3, -0.25) is 14.5 Å². The Morgan fingerprint density at radius 1 is 0.976 bits per heavy atom. The van der Waals surface area contributed by atoms with Crippen LogP contribution < -0.4 is 19.1 Å². The summed E-state index contributed by atoms with van der Waals surface area (Å²) in [5, 5.41) is 0. The molecule has 2 heterocycles. The van der Waals surface area contributed by atoms with E-state index in [-0.39, 0.29) is 36.9 Å². The van der Waals surface area contributed by atoms with Crippen molar-refractivity contribution in [2.45, 2.75) is 58.5 Å². The van der Waals surface area contributed by atoms with E-state index in [1.165, 1.54) is 0 Å². The molecule has 2 aromatic carbocycles. The minimum Gasteiger partial charge on any atom is -0.496 e. The second kappa shape index (κ2) is 14.3. The van der Waals surface area contributed by atoms with Crippen molar-refractivity contribution in [3.05, 3.63) is 47.5 Å². The summed E-state index contributed by atoms with van der Waals surface area (Å²) in [4.78, 5) is 45.7. The second-order valence-corrected chi connectivity index (χ2v) is 11.1. The molecule has 0 bridgehead atoms. The van der Waals surface area contributed by atoms with Gasteiger partial charge in [-0.15, -0.1) is 0 Å². The number of hydrogen-bond donors (Lipinski definition) is 0. The van der Waals surface area contributed by atoms with Gasteiger partial charge in [0.1, 0.15) is 5.75 Å². The molecule has 42 heavy (non-hydrogen) atoms. The molecule has 10 heteroatoms. The van der Waals surface area contributed by atoms with E-state index in [1.807, 2.05) is 48.2 Å². The zero-order chi connectivity index (χ0) is 30.2. The summed E-state index contributed by atoms with van der Waals surface area (Å²) in [5.74, 6) is 1.76. The van der Waals surface area contributed by atoms with Crippen LogP contribution in [0.25, 0.3) is 0 Å². The van der Waals surface area contributed by atoms with Crippen LogP contribution in [0.2, 0.25) is 0 Å². The van der Waals surface area contributed by atoms with E-state index in [0.717, 1.165) is 42.5 Å². The SMILES string of the molecule is CCCCCOc1cc(N2CCCN(Cc3ccc(CC(=O)N4CC(=O)N(C)C(C)C4)cc3OC)C2=O)ccc1OC. The summed E-state index contributed by atoms with van der Waals surface area (Å²) in [6.07, 6.45) is 4.17. The van der Waals surface area contributed by atoms with E-state index in [2.05, 4.69) is 6.92 Å². The van der Waals surface area contributed by atoms with E-state index >= 15 is 0 Å². The number of nitrogens with zero attached hydrogens (tertiary/aromatic N) is 4. The van der Waals surface area contributed by atoms with Crippen LogP contribution >= 0.6 is 0 Å². The summed E-state index contributed by atoms with van der Waals surface area (Å²) in [6.45, 7) is 6.94. The molecule has 0 aliphatic carbocycles. The summed E-state index contributed by atoms with van der Waals surface area (Å²) in [5.41, 5.74) is 2.44. The van der Waals surface area contributed by atoms with Crippen molar-refractivity contribution in [1.29, 1.82) is 0 Å². The number of benzene rings is 2. The zero-order valence-corrected chi connectivity index (χ0v) is 25.6. The molecule has 1 atom stereocenters. The van der Waals surface area contributed by atoms with Gasteiger partial charge < -0.3 is 28.9 Å². The van der Waals surface area contributed by atoms with Crippen LogP contribution in [0.3, 0.4) is 0 Å². The minimum absolute atomic E-state index is 0.0171. The van der Waals surface area contributed by atoms with Crippen molar-refractivity contribution >= 4 is 23.5 Å². The lowest BCUT2D eigenvalue weighted by Crippen LogP contribution is -2.55. The number of ether oxygens (including phenoxy) is 3. The van der Waals surface area contributed by atoms with Crippen LogP contribution in [0.1, 0.15) is 50.7 Å². The number of amides is 4. The van der Waals surface area contributed by atoms with Gasteiger partial charge >= 0.3 is 6.03 Å². The second-order valence-electron chi connectivity index (χ2n) is 11.1. The summed E-state index contributed by atoms with van der Waals surface area (Å²) in [7, 11) is 4.97. The highest BCUT2D eigenvalue weighted by Gasteiger charge is 2.31. The lowest BCUT2D eigenvalue weighted by atomic mass is 10.1. The molecule has 0 saturated carbocycles. The van der Waals surface area contributed by atoms with Crippen LogP contribution in [0.15, 0.2) is 36.4 Å². The van der Waals surface area contributed by atoms with Gasteiger partial charge in [0.2, 0.25) is 11.8 Å². The summed E-state index contributed by atoms with van der Waals surface area (Å²) < 4.78 is 17.2. The Hall–Kier alpha value is -3.95. The molecule has 0 spiro atoms. The molecule has 2 aliphatic heterocycles. The standard InChI is InChI=1S/C32H44N4O6/c1-6-7-8-16-42-29-19-26(12-13-27(29)40-4)36-15-9-14-34(32(36)39)21-25-11-10-24(17-28(25)41-5)18-30(37)35-20-23(2)33(3)31(38)22-35/h10-13,17,19,23H,6-9,14-16,18,20-22H2,1-5H3. The number of urea groups is 1. The first-order valence-corrected chi connectivity index (χ1v) is 14.8. The molecule has 4 rings (SSSR count). The Kier molecular flexibility index (Phi) is 10.5. The summed E-state index contributed by atoms with van der Waals surface area (Å²) >= 11 is 0. The average molecular weight is 581 g/mol. The van der Waals surface area contributed by atoms with Crippen LogP contribution in [0.4, 0.5) is 10.5 Å². The van der Waals surface area contributed by atoms with Crippen LogP contribution in [0, 0.1) is 0 Å². The van der Waals surface area contributed by atoms with Crippen molar-refractivity contribution in [2.75, 3.05) is 59.0 Å². The zero-order valence-electron chi connectivity index (χ0n) is 25.6. The Bertz CT molecular complexity index is 1270. The minimum atomic E-state index is -0.0897. The topological polar surface area (TPSA) is 91.9 Å². The van der Waals surface area contributed by atoms with Crippen LogP contribution in [0.5, 0.6) is 17.2 Å². The number of anilines is 1. The molecule has 2 aliphatic rings. The first-order valence-electron chi connectivity index (χ1n) is 14.8. The van der Waals surface area contributed by atoms with Crippen LogP contribution in [-0.2, 0) is 22.6 Å². The van der Waals surface area contributed by atoms with Crippen molar-refractivity contribution < 1.29 is 28.6 Å². The van der Waals surface area contributed by atoms with Gasteiger partial charge in [-0.25, -0.2) is 4.79 Å². The number of carbonyl (C=O) groups excluding carboxylic acids is 3. The van der Waals surface area contributed by atoms with Gasteiger partial charge in [-0.05, 0) is 43.5 Å². The lowest BCUT2D eigenvalue weighted by Gasteiger charge is -2.37. The fraction of sp³-hybridized carbons (Fsp3) is 0.531. The third-order valence-corrected chi connectivity index (χ3v) is 8.06. The highest BCUT2D eigenvalue weighted by Crippen LogP contribution is 2.34. The Morgan fingerprint density at radius 2 is 1.76 bits per heavy atom. The van der Waals surface area contributed by atoms with E-state index < -0.39 is 0 Å². The van der Waals surface area contributed by atoms with E-state index in [0.29, 0.717) is 50.0 Å². The predicted octanol–water partition coefficient (Wildman–Crippen LogP) is 4.34. The van der Waals surface area contributed by atoms with Crippen molar-refractivity contribution in [1.82, 2.24) is 14.7 Å². The number of methoxy groups -OCH3 is 2. The number of piperazine rings is 1. The van der Waals surface area contributed by atoms with Gasteiger partial charge in [0.15, 0.2) is 11.5 Å². The van der Waals surface area contributed by atoms with E-state index in [1.54, 1.807) is 36.0 Å². The molecular weight excluding hydrogens is 536 g/mol. The molecule has 1 unspecified atom stereocenters. The molecular formula is C32H44N4O6. The molecule has 10 nitrogen and oxygen atoms in total. The number of likely N-dealkylation sites (N-methyl/N-ethyl adjacent to an activating group) is 1. The monoisotopic (exact) mass is 580 g/mol. The van der Waals surface area contributed by atoms with Gasteiger partial charge in [-0.2, -0.15) is 0 Å². The van der Waals surface area contributed by atoms with Crippen molar-refractivity contribution in [2.24, 2.45) is 0 Å². The molecule has 0 radical (unpaired) electrons. The molecule has 2 fully saturated rings. The van der Waals surface area contributed by atoms with Gasteiger partial charge in [0.25, 0.3) is 0 Å². The van der Waals surface area contributed by atoms with Gasteiger partial charge in [0.05, 0.1) is 40.3 Å². The average Bonchev–Trinajstić information content (AvgIpc) is 2.99. The largest absolute Gasteiger partial charge is 0.496 e. The highest BCUT2D eigenvalue weighted by atomic mass is 16.5. The molecule has 2 aromatic rings. The first-order chi connectivity index (χ1) is 20.2. The molecule has 0 aromatic heterocycles. The normalized spacial score (nSPS) is 17.5. The van der Waals surface area contributed by atoms with Crippen molar-refractivity contribution in [3.63, 3.8) is 0 Å². The maximum absolute atomic E-state index is 13.6. The van der Waals surface area contributed by atoms with E-state index in [4.69, 9.17) is 14.2 Å². The Labute approximate surface area is 249 Å². The van der Waals surface area contributed by atoms with Gasteiger partial charge in [-0.1, -0.05) is 31.9 Å². The summed E-state index contributed by atoms with van der Waals surface area (Å²) in [6, 6.07) is 11.2. The third kappa shape index (κ3) is 7.27. The number of unbranched alkanes of at least 4 members (excludes halogenated alkanes) is 2. The molecule has 0 N–H and O–H groups in total. The third-order valence-electron chi connectivity index (χ3n) is 8.06. The highest BCUT2D eigenvalue weighted by molar-refractivity contribution is 5.93. The Morgan fingerprint density at radius 3 is 2.48 bits per heavy atom. The predicted molar refractivity (Wildman–Crippen MR) is 161 cm³/mol. The van der Waals surface area contributed by atoms with Gasteiger partial charge in [0, 0.05) is 50.0 Å². The Balaban J connectivity index is 1.43. The maximum atomic E-state index is 13.6. The quantitative estimate of drug-likeness (QED) is 0.347. The lowest BCUT2D eigenvalue weighted by molar-refractivity contribution is -0.146. The molecule has 4 amide bonds. The van der Waals surface area contributed by atoms with Crippen molar-refractivity contribution in [3.8, 4) is 17.2 Å². The number of carbonyl (C=O) groups is 3. The fourth-order valence-electron chi connectivity index (χ4n) is 5.39.